The number of carbonyl (C=O) groups excluding carboxylic acids is 2. The molecular formula is C15H17F3N2O3. The second kappa shape index (κ2) is 6.19. The molecule has 1 atom stereocenters. The Hall–Kier alpha value is -2.09. The van der Waals surface area contributed by atoms with Gasteiger partial charge in [0.2, 0.25) is 0 Å². The topological polar surface area (TPSA) is 78.4 Å². The van der Waals surface area contributed by atoms with E-state index < -0.39 is 29.2 Å². The summed E-state index contributed by atoms with van der Waals surface area (Å²) in [6.45, 7) is 1.52. The van der Waals surface area contributed by atoms with Gasteiger partial charge in [-0.1, -0.05) is 0 Å². The van der Waals surface area contributed by atoms with Crippen LogP contribution in [-0.4, -0.2) is 29.1 Å². The second-order valence-electron chi connectivity index (χ2n) is 5.84. The molecule has 1 aromatic rings. The smallest absolute Gasteiger partial charge is 0.388 e. The molecule has 0 unspecified atom stereocenters. The Morgan fingerprint density at radius 1 is 1.17 bits per heavy atom. The number of anilines is 1. The van der Waals surface area contributed by atoms with E-state index in [0.717, 1.165) is 37.1 Å². The Balaban J connectivity index is 1.87. The molecule has 5 nitrogen and oxygen atoms in total. The summed E-state index contributed by atoms with van der Waals surface area (Å²) in [5.74, 6) is -1.84. The lowest BCUT2D eigenvalue weighted by Gasteiger charge is -2.22. The maximum atomic E-state index is 12.4. The van der Waals surface area contributed by atoms with Gasteiger partial charge in [-0.15, -0.1) is 0 Å². The molecule has 23 heavy (non-hydrogen) atoms. The molecule has 1 fully saturated rings. The van der Waals surface area contributed by atoms with E-state index >= 15 is 0 Å². The predicted octanol–water partition coefficient (Wildman–Crippen LogP) is 1.92. The Labute approximate surface area is 130 Å². The quantitative estimate of drug-likeness (QED) is 0.738. The van der Waals surface area contributed by atoms with E-state index in [4.69, 9.17) is 0 Å². The summed E-state index contributed by atoms with van der Waals surface area (Å²) in [7, 11) is 0. The van der Waals surface area contributed by atoms with Gasteiger partial charge in [-0.05, 0) is 49.9 Å². The maximum Gasteiger partial charge on any atom is 0.416 e. The van der Waals surface area contributed by atoms with Crippen molar-refractivity contribution in [2.75, 3.05) is 11.9 Å². The third-order valence-corrected chi connectivity index (χ3v) is 3.74. The zero-order valence-corrected chi connectivity index (χ0v) is 12.4. The van der Waals surface area contributed by atoms with Crippen molar-refractivity contribution in [1.29, 1.82) is 0 Å². The molecule has 8 heteroatoms. The van der Waals surface area contributed by atoms with Gasteiger partial charge in [0, 0.05) is 12.2 Å². The van der Waals surface area contributed by atoms with E-state index in [1.807, 2.05) is 0 Å². The molecule has 3 N–H and O–H groups in total. The van der Waals surface area contributed by atoms with Crippen LogP contribution in [0.3, 0.4) is 0 Å². The van der Waals surface area contributed by atoms with Gasteiger partial charge in [0.05, 0.1) is 11.2 Å². The first-order valence-electron chi connectivity index (χ1n) is 7.08. The lowest BCUT2D eigenvalue weighted by atomic mass is 10.0. The van der Waals surface area contributed by atoms with Crippen molar-refractivity contribution in [3.63, 3.8) is 0 Å². The van der Waals surface area contributed by atoms with Gasteiger partial charge in [-0.2, -0.15) is 13.2 Å². The van der Waals surface area contributed by atoms with Gasteiger partial charge in [-0.3, -0.25) is 9.59 Å². The number of halogens is 3. The third kappa shape index (κ3) is 4.69. The summed E-state index contributed by atoms with van der Waals surface area (Å²) in [6.07, 6.45) is -2.71. The van der Waals surface area contributed by atoms with Crippen molar-refractivity contribution in [2.24, 2.45) is 5.92 Å². The van der Waals surface area contributed by atoms with Crippen LogP contribution < -0.4 is 10.6 Å². The number of benzene rings is 1. The number of amides is 2. The molecule has 126 valence electrons. The first-order chi connectivity index (χ1) is 10.6. The number of alkyl halides is 3. The fraction of sp³-hybridized carbons (Fsp3) is 0.467. The van der Waals surface area contributed by atoms with Gasteiger partial charge in [0.1, 0.15) is 0 Å². The molecule has 0 radical (unpaired) electrons. The SMILES string of the molecule is C[C@](O)(CNC(=O)C(=O)Nc1ccc(C(F)(F)F)cc1)C1CC1. The minimum absolute atomic E-state index is 0.0586. The van der Waals surface area contributed by atoms with Gasteiger partial charge in [0.15, 0.2) is 0 Å². The van der Waals surface area contributed by atoms with Gasteiger partial charge in [-0.25, -0.2) is 0 Å². The molecule has 2 rings (SSSR count). The van der Waals surface area contributed by atoms with Gasteiger partial charge >= 0.3 is 18.0 Å². The average Bonchev–Trinajstić information content (AvgIpc) is 3.29. The Morgan fingerprint density at radius 2 is 1.74 bits per heavy atom. The lowest BCUT2D eigenvalue weighted by Crippen LogP contribution is -2.45. The monoisotopic (exact) mass is 330 g/mol. The zero-order valence-electron chi connectivity index (χ0n) is 12.4. The van der Waals surface area contributed by atoms with E-state index in [2.05, 4.69) is 10.6 Å². The molecule has 1 aliphatic carbocycles. The van der Waals surface area contributed by atoms with E-state index in [9.17, 15) is 27.9 Å². The van der Waals surface area contributed by atoms with Crippen LogP contribution in [0.2, 0.25) is 0 Å². The van der Waals surface area contributed by atoms with Crippen molar-refractivity contribution in [2.45, 2.75) is 31.5 Å². The van der Waals surface area contributed by atoms with Crippen molar-refractivity contribution in [3.05, 3.63) is 29.8 Å². The molecule has 1 aromatic carbocycles. The minimum Gasteiger partial charge on any atom is -0.388 e. The van der Waals surface area contributed by atoms with Crippen LogP contribution in [0, 0.1) is 5.92 Å². The summed E-state index contributed by atoms with van der Waals surface area (Å²) in [6, 6.07) is 3.75. The van der Waals surface area contributed by atoms with Crippen LogP contribution in [0.15, 0.2) is 24.3 Å². The Bertz CT molecular complexity index is 593. The highest BCUT2D eigenvalue weighted by Crippen LogP contribution is 2.39. The van der Waals surface area contributed by atoms with Crippen molar-refractivity contribution >= 4 is 17.5 Å². The van der Waals surface area contributed by atoms with Crippen LogP contribution in [0.4, 0.5) is 18.9 Å². The summed E-state index contributed by atoms with van der Waals surface area (Å²) in [5, 5.41) is 14.5. The largest absolute Gasteiger partial charge is 0.416 e. The summed E-state index contributed by atoms with van der Waals surface area (Å²) < 4.78 is 37.3. The number of carbonyl (C=O) groups is 2. The highest BCUT2D eigenvalue weighted by molar-refractivity contribution is 6.39. The van der Waals surface area contributed by atoms with Gasteiger partial charge in [0.25, 0.3) is 0 Å². The summed E-state index contributed by atoms with van der Waals surface area (Å²) in [5.41, 5.74) is -1.84. The number of aliphatic hydroxyl groups is 1. The standard InChI is InChI=1S/C15H17F3N2O3/c1-14(23,9-2-3-9)8-19-12(21)13(22)20-11-6-4-10(5-7-11)15(16,17)18/h4-7,9,23H,2-3,8H2,1H3,(H,19,21)(H,20,22)/t14-/m0/s1. The van der Waals surface area contributed by atoms with Crippen LogP contribution >= 0.6 is 0 Å². The molecule has 0 saturated heterocycles. The van der Waals surface area contributed by atoms with E-state index in [-0.39, 0.29) is 18.2 Å². The third-order valence-electron chi connectivity index (χ3n) is 3.74. The van der Waals surface area contributed by atoms with Crippen LogP contribution in [0.25, 0.3) is 0 Å². The zero-order chi connectivity index (χ0) is 17.3. The predicted molar refractivity (Wildman–Crippen MR) is 76.4 cm³/mol. The normalized spacial score (nSPS) is 17.3. The highest BCUT2D eigenvalue weighted by Gasteiger charge is 2.40. The summed E-state index contributed by atoms with van der Waals surface area (Å²) >= 11 is 0. The molecule has 2 amide bonds. The molecule has 0 spiro atoms. The highest BCUT2D eigenvalue weighted by atomic mass is 19.4. The molecule has 0 bridgehead atoms. The molecule has 0 aromatic heterocycles. The number of hydrogen-bond acceptors (Lipinski definition) is 3. The lowest BCUT2D eigenvalue weighted by molar-refractivity contribution is -0.137. The van der Waals surface area contributed by atoms with Crippen LogP contribution in [-0.2, 0) is 15.8 Å². The fourth-order valence-electron chi connectivity index (χ4n) is 2.12. The molecule has 0 aliphatic heterocycles. The maximum absolute atomic E-state index is 12.4. The van der Waals surface area contributed by atoms with Crippen LogP contribution in [0.5, 0.6) is 0 Å². The molecular weight excluding hydrogens is 313 g/mol. The van der Waals surface area contributed by atoms with E-state index in [0.29, 0.717) is 0 Å². The van der Waals surface area contributed by atoms with Crippen molar-refractivity contribution in [3.8, 4) is 0 Å². The summed E-state index contributed by atoms with van der Waals surface area (Å²) in [4.78, 5) is 23.3. The van der Waals surface area contributed by atoms with E-state index in [1.54, 1.807) is 6.92 Å². The van der Waals surface area contributed by atoms with E-state index in [1.165, 1.54) is 0 Å². The fourth-order valence-corrected chi connectivity index (χ4v) is 2.12. The first kappa shape index (κ1) is 17.3. The molecule has 1 aliphatic rings. The number of nitrogens with one attached hydrogen (secondary N) is 2. The Morgan fingerprint density at radius 3 is 2.22 bits per heavy atom. The second-order valence-corrected chi connectivity index (χ2v) is 5.84. The average molecular weight is 330 g/mol. The van der Waals surface area contributed by atoms with Crippen molar-refractivity contribution in [1.82, 2.24) is 5.32 Å². The van der Waals surface area contributed by atoms with Crippen molar-refractivity contribution < 1.29 is 27.9 Å². The molecule has 0 heterocycles. The number of rotatable bonds is 4. The Kier molecular flexibility index (Phi) is 4.65. The minimum atomic E-state index is -4.46. The molecule has 1 saturated carbocycles. The van der Waals surface area contributed by atoms with Crippen LogP contribution in [0.1, 0.15) is 25.3 Å². The first-order valence-corrected chi connectivity index (χ1v) is 7.08. The number of hydrogen-bond donors (Lipinski definition) is 3. The van der Waals surface area contributed by atoms with Gasteiger partial charge < -0.3 is 15.7 Å².